The zero-order valence-corrected chi connectivity index (χ0v) is 7.39. The summed E-state index contributed by atoms with van der Waals surface area (Å²) >= 11 is 0. The molecule has 5 N–H and O–H groups in total. The third-order valence-corrected chi connectivity index (χ3v) is 1.09. The van der Waals surface area contributed by atoms with Gasteiger partial charge in [-0.2, -0.15) is 0 Å². The Hall–Kier alpha value is -0.280. The molecule has 7 heteroatoms. The van der Waals surface area contributed by atoms with Crippen LogP contribution in [0.4, 0.5) is 0 Å². The Labute approximate surface area is 66.9 Å². The third-order valence-electron chi connectivity index (χ3n) is 1.09. The first kappa shape index (κ1) is 10.7. The second-order valence-corrected chi connectivity index (χ2v) is 1.67. The van der Waals surface area contributed by atoms with Gasteiger partial charge < -0.3 is 0 Å². The lowest BCUT2D eigenvalue weighted by Gasteiger charge is -2.27. The van der Waals surface area contributed by atoms with Crippen molar-refractivity contribution in [3.05, 3.63) is 0 Å². The molecule has 0 rings (SSSR count). The highest BCUT2D eigenvalue weighted by Gasteiger charge is 2.01. The van der Waals surface area contributed by atoms with Crippen molar-refractivity contribution >= 4 is 0 Å². The van der Waals surface area contributed by atoms with Gasteiger partial charge >= 0.3 is 0 Å². The predicted molar refractivity (Wildman–Crippen MR) is 43.1 cm³/mol. The summed E-state index contributed by atoms with van der Waals surface area (Å²) in [7, 11) is 7.14. The van der Waals surface area contributed by atoms with Gasteiger partial charge in [0.15, 0.2) is 0 Å². The van der Waals surface area contributed by atoms with E-state index in [0.717, 1.165) is 0 Å². The van der Waals surface area contributed by atoms with Crippen molar-refractivity contribution in [2.75, 3.05) is 28.2 Å². The highest BCUT2D eigenvalue weighted by Crippen LogP contribution is 1.65. The van der Waals surface area contributed by atoms with Crippen LogP contribution in [0.15, 0.2) is 0 Å². The molecule has 0 aliphatic carbocycles. The van der Waals surface area contributed by atoms with Crippen LogP contribution in [0.25, 0.3) is 0 Å². The first-order chi connectivity index (χ1) is 5.28. The summed E-state index contributed by atoms with van der Waals surface area (Å²) in [4.78, 5) is 0. The Balaban J connectivity index is 3.58. The fraction of sp³-hybridized carbons (Fsp3) is 1.00. The maximum atomic E-state index is 2.88. The van der Waals surface area contributed by atoms with Crippen LogP contribution in [0, 0.1) is 0 Å². The number of hydrazine groups is 6. The number of nitrogens with one attached hydrogen (secondary N) is 5. The molecular weight excluding hydrogens is 146 g/mol. The molecule has 0 aromatic heterocycles. The van der Waals surface area contributed by atoms with E-state index in [0.29, 0.717) is 0 Å². The maximum absolute atomic E-state index is 2.88. The van der Waals surface area contributed by atoms with Crippen LogP contribution < -0.4 is 27.2 Å². The van der Waals surface area contributed by atoms with Crippen molar-refractivity contribution in [1.82, 2.24) is 37.7 Å². The lowest BCUT2D eigenvalue weighted by Crippen LogP contribution is -2.65. The van der Waals surface area contributed by atoms with Gasteiger partial charge in [0.25, 0.3) is 0 Å². The van der Waals surface area contributed by atoms with Crippen LogP contribution in [0.2, 0.25) is 0 Å². The molecular formula is C4H17N7. The quantitative estimate of drug-likeness (QED) is 0.278. The normalized spacial score (nSPS) is 11.5. The van der Waals surface area contributed by atoms with Crippen LogP contribution in [-0.2, 0) is 0 Å². The summed E-state index contributed by atoms with van der Waals surface area (Å²) in [6, 6.07) is 0. The van der Waals surface area contributed by atoms with E-state index in [1.807, 2.05) is 0 Å². The van der Waals surface area contributed by atoms with Gasteiger partial charge in [-0.25, -0.2) is 21.7 Å². The second kappa shape index (κ2) is 6.43. The van der Waals surface area contributed by atoms with Crippen molar-refractivity contribution in [2.24, 2.45) is 0 Å². The zero-order valence-electron chi connectivity index (χ0n) is 7.39. The molecule has 0 radical (unpaired) electrons. The van der Waals surface area contributed by atoms with Gasteiger partial charge in [-0.1, -0.05) is 10.5 Å². The molecule has 0 bridgehead atoms. The van der Waals surface area contributed by atoms with Crippen LogP contribution in [0.1, 0.15) is 0 Å². The van der Waals surface area contributed by atoms with Crippen molar-refractivity contribution in [3.8, 4) is 0 Å². The topological polar surface area (TPSA) is 66.6 Å². The minimum atomic E-state index is 1.56. The van der Waals surface area contributed by atoms with E-state index in [1.165, 1.54) is 0 Å². The van der Waals surface area contributed by atoms with Crippen molar-refractivity contribution in [3.63, 3.8) is 0 Å². The Morgan fingerprint density at radius 1 is 0.636 bits per heavy atom. The summed E-state index contributed by atoms with van der Waals surface area (Å²) in [5.74, 6) is 0. The fourth-order valence-electron chi connectivity index (χ4n) is 0.524. The summed E-state index contributed by atoms with van der Waals surface area (Å²) in [5.41, 5.74) is 14.2. The summed E-state index contributed by atoms with van der Waals surface area (Å²) in [6.07, 6.45) is 0. The molecule has 11 heavy (non-hydrogen) atoms. The van der Waals surface area contributed by atoms with E-state index in [9.17, 15) is 0 Å². The molecule has 0 saturated heterocycles. The van der Waals surface area contributed by atoms with Crippen LogP contribution in [0.5, 0.6) is 0 Å². The zero-order chi connectivity index (χ0) is 8.69. The molecule has 7 nitrogen and oxygen atoms in total. The highest BCUT2D eigenvalue weighted by molar-refractivity contribution is 4.25. The van der Waals surface area contributed by atoms with E-state index in [-0.39, 0.29) is 0 Å². The third kappa shape index (κ3) is 4.22. The van der Waals surface area contributed by atoms with Gasteiger partial charge in [0.05, 0.1) is 0 Å². The van der Waals surface area contributed by atoms with E-state index >= 15 is 0 Å². The van der Waals surface area contributed by atoms with E-state index in [2.05, 4.69) is 27.2 Å². The Morgan fingerprint density at radius 3 is 1.09 bits per heavy atom. The lowest BCUT2D eigenvalue weighted by molar-refractivity contribution is -0.0895. The van der Waals surface area contributed by atoms with Crippen molar-refractivity contribution < 1.29 is 0 Å². The number of rotatable bonds is 6. The average Bonchev–Trinajstić information content (AvgIpc) is 2.07. The monoisotopic (exact) mass is 163 g/mol. The van der Waals surface area contributed by atoms with Gasteiger partial charge in [-0.05, 0) is 0 Å². The standard InChI is InChI=1S/C4H17N7/c1-5-10(6-2)9-11(7-3)8-4/h5-9H,1-4H3. The van der Waals surface area contributed by atoms with Crippen molar-refractivity contribution in [1.29, 1.82) is 0 Å². The second-order valence-electron chi connectivity index (χ2n) is 1.67. The molecule has 0 aliphatic heterocycles. The molecule has 0 spiro atoms. The van der Waals surface area contributed by atoms with Crippen LogP contribution >= 0.6 is 0 Å². The van der Waals surface area contributed by atoms with E-state index < -0.39 is 0 Å². The number of hydrogen-bond acceptors (Lipinski definition) is 7. The molecule has 0 unspecified atom stereocenters. The van der Waals surface area contributed by atoms with Gasteiger partial charge in [0.1, 0.15) is 0 Å². The average molecular weight is 163 g/mol. The van der Waals surface area contributed by atoms with Gasteiger partial charge in [0.2, 0.25) is 0 Å². The first-order valence-electron chi connectivity index (χ1n) is 3.34. The summed E-state index contributed by atoms with van der Waals surface area (Å²) < 4.78 is 0. The van der Waals surface area contributed by atoms with E-state index in [1.54, 1.807) is 38.6 Å². The molecule has 0 heterocycles. The van der Waals surface area contributed by atoms with Crippen LogP contribution in [0.3, 0.4) is 0 Å². The Morgan fingerprint density at radius 2 is 0.909 bits per heavy atom. The van der Waals surface area contributed by atoms with Crippen LogP contribution in [-0.4, -0.2) is 38.6 Å². The summed E-state index contributed by atoms with van der Waals surface area (Å²) in [6.45, 7) is 0. The van der Waals surface area contributed by atoms with Gasteiger partial charge in [-0.3, -0.25) is 0 Å². The Bertz CT molecular complexity index is 68.5. The SMILES string of the molecule is CNN(NC)NN(NC)NC. The molecule has 0 aromatic carbocycles. The molecule has 68 valence electrons. The largest absolute Gasteiger partial charge is 0.229 e. The molecule has 0 aliphatic rings. The fourth-order valence-corrected chi connectivity index (χ4v) is 0.524. The van der Waals surface area contributed by atoms with Gasteiger partial charge in [-0.15, -0.1) is 5.53 Å². The number of hydrogen-bond donors (Lipinski definition) is 5. The molecule has 0 fully saturated rings. The minimum absolute atomic E-state index is 1.56. The lowest BCUT2D eigenvalue weighted by atomic mass is 11.4. The summed E-state index contributed by atoms with van der Waals surface area (Å²) in [5, 5.41) is 3.12. The van der Waals surface area contributed by atoms with Gasteiger partial charge in [0, 0.05) is 28.2 Å². The highest BCUT2D eigenvalue weighted by atomic mass is 16.1. The molecule has 0 atom stereocenters. The minimum Gasteiger partial charge on any atom is -0.229 e. The van der Waals surface area contributed by atoms with E-state index in [4.69, 9.17) is 0 Å². The number of nitrogens with zero attached hydrogens (tertiary/aromatic N) is 2. The first-order valence-corrected chi connectivity index (χ1v) is 3.34. The van der Waals surface area contributed by atoms with Crippen molar-refractivity contribution in [2.45, 2.75) is 0 Å². The molecule has 0 amide bonds. The Kier molecular flexibility index (Phi) is 6.27. The smallest absolute Gasteiger partial charge is 0.00152 e. The maximum Gasteiger partial charge on any atom is 0.00152 e. The predicted octanol–water partition coefficient (Wildman–Crippen LogP) is -2.45. The molecule has 0 saturated carbocycles. The molecule has 0 aromatic rings.